The standard InChI is InChI=1S/C27H56NO3P/c1-6-8-9-10-11-12-13-14-15-16-17-18-19-20-21-22-23-24-25-26-31-32(29,30)27(7-2)28(3,4)5/h12-13,27H,6-11,14-26H2,1-5H3/p+1/b13-12-. The lowest BCUT2D eigenvalue weighted by molar-refractivity contribution is -0.883. The summed E-state index contributed by atoms with van der Waals surface area (Å²) >= 11 is 0. The maximum Gasteiger partial charge on any atom is 0.385 e. The minimum atomic E-state index is -3.55. The average molecular weight is 475 g/mol. The Hall–Kier alpha value is -0.150. The van der Waals surface area contributed by atoms with Gasteiger partial charge in [0.2, 0.25) is 0 Å². The summed E-state index contributed by atoms with van der Waals surface area (Å²) in [7, 11) is 2.31. The van der Waals surface area contributed by atoms with E-state index >= 15 is 0 Å². The Bertz CT molecular complexity index is 488. The van der Waals surface area contributed by atoms with Crippen LogP contribution in [0.15, 0.2) is 12.2 Å². The predicted octanol–water partition coefficient (Wildman–Crippen LogP) is 8.84. The zero-order valence-electron chi connectivity index (χ0n) is 22.3. The van der Waals surface area contributed by atoms with E-state index in [0.29, 0.717) is 17.5 Å². The van der Waals surface area contributed by atoms with Gasteiger partial charge in [0.25, 0.3) is 0 Å². The van der Waals surface area contributed by atoms with Crippen molar-refractivity contribution >= 4 is 7.60 Å². The van der Waals surface area contributed by atoms with Crippen molar-refractivity contribution < 1.29 is 18.5 Å². The Morgan fingerprint density at radius 3 is 1.53 bits per heavy atom. The minimum absolute atomic E-state index is 0.348. The van der Waals surface area contributed by atoms with E-state index in [1.54, 1.807) is 0 Å². The molecular formula is C27H57NO3P+. The number of unbranched alkanes of at least 4 members (excludes halogenated alkanes) is 15. The highest BCUT2D eigenvalue weighted by Gasteiger charge is 2.41. The molecule has 0 amide bonds. The van der Waals surface area contributed by atoms with Gasteiger partial charge in [0.05, 0.1) is 27.7 Å². The van der Waals surface area contributed by atoms with Crippen molar-refractivity contribution in [3.63, 3.8) is 0 Å². The largest absolute Gasteiger partial charge is 0.385 e. The maximum atomic E-state index is 12.5. The summed E-state index contributed by atoms with van der Waals surface area (Å²) in [4.78, 5) is 10.3. The highest BCUT2D eigenvalue weighted by atomic mass is 31.2. The van der Waals surface area contributed by atoms with E-state index in [2.05, 4.69) is 19.1 Å². The van der Waals surface area contributed by atoms with Crippen LogP contribution in [0.1, 0.15) is 129 Å². The molecular weight excluding hydrogens is 417 g/mol. The summed E-state index contributed by atoms with van der Waals surface area (Å²) in [6, 6.07) is 0. The second kappa shape index (κ2) is 20.2. The molecule has 192 valence electrons. The van der Waals surface area contributed by atoms with Crippen LogP contribution in [0.25, 0.3) is 0 Å². The Labute approximate surface area is 201 Å². The third-order valence-electron chi connectivity index (χ3n) is 6.32. The molecule has 0 aliphatic rings. The molecule has 0 aromatic carbocycles. The number of nitrogens with zero attached hydrogens (tertiary/aromatic N) is 1. The molecule has 0 aromatic heterocycles. The molecule has 0 saturated heterocycles. The highest BCUT2D eigenvalue weighted by molar-refractivity contribution is 7.53. The van der Waals surface area contributed by atoms with Crippen molar-refractivity contribution in [2.75, 3.05) is 27.7 Å². The van der Waals surface area contributed by atoms with Crippen LogP contribution in [-0.4, -0.2) is 42.9 Å². The van der Waals surface area contributed by atoms with Crippen LogP contribution in [0.3, 0.4) is 0 Å². The lowest BCUT2D eigenvalue weighted by Gasteiger charge is -2.35. The predicted molar refractivity (Wildman–Crippen MR) is 141 cm³/mol. The van der Waals surface area contributed by atoms with Gasteiger partial charge in [-0.1, -0.05) is 103 Å². The van der Waals surface area contributed by atoms with E-state index in [4.69, 9.17) is 4.52 Å². The lowest BCUT2D eigenvalue weighted by Crippen LogP contribution is -2.44. The second-order valence-corrected chi connectivity index (χ2v) is 12.4. The van der Waals surface area contributed by atoms with Crippen molar-refractivity contribution in [1.29, 1.82) is 0 Å². The summed E-state index contributed by atoms with van der Waals surface area (Å²) in [5.74, 6) is -0.348. The fraction of sp³-hybridized carbons (Fsp3) is 0.926. The SMILES string of the molecule is CCCCCC/C=C\CCCCCCCCCCCCCOP(=O)(O)C(CC)[N+](C)(C)C. The third-order valence-corrected chi connectivity index (χ3v) is 8.68. The maximum absolute atomic E-state index is 12.5. The molecule has 0 heterocycles. The van der Waals surface area contributed by atoms with Gasteiger partial charge in [-0.25, -0.2) is 0 Å². The molecule has 0 saturated carbocycles. The molecule has 5 heteroatoms. The Morgan fingerprint density at radius 1 is 0.719 bits per heavy atom. The average Bonchev–Trinajstić information content (AvgIpc) is 2.71. The van der Waals surface area contributed by atoms with Crippen LogP contribution in [0.5, 0.6) is 0 Å². The van der Waals surface area contributed by atoms with Crippen LogP contribution in [0.4, 0.5) is 0 Å². The summed E-state index contributed by atoms with van der Waals surface area (Å²) < 4.78 is 18.4. The molecule has 32 heavy (non-hydrogen) atoms. The van der Waals surface area contributed by atoms with Crippen LogP contribution < -0.4 is 0 Å². The number of quaternary nitrogens is 1. The molecule has 4 nitrogen and oxygen atoms in total. The van der Waals surface area contributed by atoms with Gasteiger partial charge in [-0.15, -0.1) is 0 Å². The van der Waals surface area contributed by atoms with E-state index in [1.165, 1.54) is 96.3 Å². The highest BCUT2D eigenvalue weighted by Crippen LogP contribution is 2.51. The van der Waals surface area contributed by atoms with Crippen molar-refractivity contribution in [3.05, 3.63) is 12.2 Å². The fourth-order valence-electron chi connectivity index (χ4n) is 4.38. The van der Waals surface area contributed by atoms with Gasteiger partial charge in [-0.2, -0.15) is 0 Å². The first-order valence-electron chi connectivity index (χ1n) is 13.7. The summed E-state index contributed by atoms with van der Waals surface area (Å²) in [5.41, 5.74) is 0. The van der Waals surface area contributed by atoms with E-state index in [1.807, 2.05) is 28.1 Å². The molecule has 2 unspecified atom stereocenters. The van der Waals surface area contributed by atoms with E-state index < -0.39 is 7.60 Å². The molecule has 0 bridgehead atoms. The summed E-state index contributed by atoms with van der Waals surface area (Å²) in [5, 5.41) is 0. The Kier molecular flexibility index (Phi) is 20.1. The number of rotatable bonds is 23. The van der Waals surface area contributed by atoms with Crippen molar-refractivity contribution in [1.82, 2.24) is 0 Å². The van der Waals surface area contributed by atoms with Gasteiger partial charge in [0, 0.05) is 6.42 Å². The van der Waals surface area contributed by atoms with E-state index in [-0.39, 0.29) is 5.78 Å². The second-order valence-electron chi connectivity index (χ2n) is 10.4. The van der Waals surface area contributed by atoms with Gasteiger partial charge in [-0.05, 0) is 32.1 Å². The van der Waals surface area contributed by atoms with E-state index in [0.717, 1.165) is 12.8 Å². The van der Waals surface area contributed by atoms with Crippen LogP contribution >= 0.6 is 7.60 Å². The van der Waals surface area contributed by atoms with Crippen LogP contribution in [0.2, 0.25) is 0 Å². The van der Waals surface area contributed by atoms with Gasteiger partial charge in [-0.3, -0.25) is 4.57 Å². The molecule has 1 N–H and O–H groups in total. The molecule has 0 spiro atoms. The zero-order chi connectivity index (χ0) is 24.1. The normalized spacial score (nSPS) is 15.3. The van der Waals surface area contributed by atoms with Crippen molar-refractivity contribution in [2.24, 2.45) is 0 Å². The van der Waals surface area contributed by atoms with Crippen LogP contribution in [0, 0.1) is 0 Å². The summed E-state index contributed by atoms with van der Waals surface area (Å²) in [6.07, 6.45) is 27.4. The number of hydrogen-bond acceptors (Lipinski definition) is 2. The molecule has 0 aromatic rings. The van der Waals surface area contributed by atoms with Crippen molar-refractivity contribution in [3.8, 4) is 0 Å². The van der Waals surface area contributed by atoms with Gasteiger partial charge < -0.3 is 13.9 Å². The Balaban J connectivity index is 3.43. The number of hydrogen-bond donors (Lipinski definition) is 1. The Morgan fingerprint density at radius 2 is 1.12 bits per heavy atom. The lowest BCUT2D eigenvalue weighted by atomic mass is 10.0. The zero-order valence-corrected chi connectivity index (χ0v) is 23.2. The van der Waals surface area contributed by atoms with Crippen molar-refractivity contribution in [2.45, 2.75) is 135 Å². The first-order valence-corrected chi connectivity index (χ1v) is 15.3. The number of allylic oxidation sites excluding steroid dienone is 2. The molecule has 0 radical (unpaired) electrons. The first-order chi connectivity index (χ1) is 15.3. The third kappa shape index (κ3) is 18.3. The fourth-order valence-corrected chi connectivity index (χ4v) is 6.28. The molecule has 2 atom stereocenters. The monoisotopic (exact) mass is 474 g/mol. The van der Waals surface area contributed by atoms with Crippen LogP contribution in [-0.2, 0) is 9.09 Å². The smallest absolute Gasteiger partial charge is 0.320 e. The summed E-state index contributed by atoms with van der Waals surface area (Å²) in [6.45, 7) is 4.62. The van der Waals surface area contributed by atoms with E-state index in [9.17, 15) is 9.46 Å². The molecule has 0 aliphatic heterocycles. The first kappa shape index (κ1) is 31.9. The topological polar surface area (TPSA) is 46.5 Å². The van der Waals surface area contributed by atoms with Gasteiger partial charge in [0.15, 0.2) is 5.78 Å². The van der Waals surface area contributed by atoms with Gasteiger partial charge in [0.1, 0.15) is 0 Å². The molecule has 0 rings (SSSR count). The molecule has 0 fully saturated rings. The minimum Gasteiger partial charge on any atom is -0.320 e. The van der Waals surface area contributed by atoms with Gasteiger partial charge >= 0.3 is 7.60 Å². The quantitative estimate of drug-likeness (QED) is 0.0696. The molecule has 0 aliphatic carbocycles.